The van der Waals surface area contributed by atoms with Crippen LogP contribution in [0.3, 0.4) is 0 Å². The molecule has 1 radical (unpaired) electrons. The van der Waals surface area contributed by atoms with Gasteiger partial charge in [-0.25, -0.2) is 0 Å². The minimum Gasteiger partial charge on any atom is -0.393 e. The van der Waals surface area contributed by atoms with E-state index in [1.54, 1.807) is 0 Å². The van der Waals surface area contributed by atoms with Crippen molar-refractivity contribution in [2.75, 3.05) is 7.05 Å². The van der Waals surface area contributed by atoms with Crippen molar-refractivity contribution in [2.24, 2.45) is 17.8 Å². The van der Waals surface area contributed by atoms with Gasteiger partial charge in [-0.1, -0.05) is 6.42 Å². The molecule has 2 nitrogen and oxygen atoms in total. The monoisotopic (exact) mass is 162 g/mol. The van der Waals surface area contributed by atoms with E-state index in [-0.39, 0.29) is 0 Å². The van der Waals surface area contributed by atoms with E-state index < -0.39 is 0 Å². The number of hydrogen-bond donors (Lipinski definition) is 0. The summed E-state index contributed by atoms with van der Waals surface area (Å²) in [6.07, 6.45) is 3.99. The number of carbonyl (C=O) groups is 1. The Morgan fingerprint density at radius 2 is 2.17 bits per heavy atom. The van der Waals surface area contributed by atoms with E-state index in [4.69, 9.17) is 0 Å². The summed E-state index contributed by atoms with van der Waals surface area (Å²) in [5.74, 6) is 2.95. The molecule has 3 fully saturated rings. The van der Waals surface area contributed by atoms with E-state index in [9.17, 15) is 4.79 Å². The van der Waals surface area contributed by atoms with Crippen LogP contribution >= 0.6 is 0 Å². The van der Waals surface area contributed by atoms with Gasteiger partial charge in [0.1, 0.15) is 0 Å². The number of nitrogens with zero attached hydrogens (tertiary/aromatic N) is 1. The van der Waals surface area contributed by atoms with Crippen molar-refractivity contribution >= 4 is 13.3 Å². The Labute approximate surface area is 73.6 Å². The largest absolute Gasteiger partial charge is 0.393 e. The van der Waals surface area contributed by atoms with Crippen LogP contribution in [-0.4, -0.2) is 25.2 Å². The quantitative estimate of drug-likeness (QED) is 0.485. The second kappa shape index (κ2) is 2.07. The zero-order valence-corrected chi connectivity index (χ0v) is 7.36. The molecule has 63 valence electrons. The molecule has 1 aliphatic heterocycles. The van der Waals surface area contributed by atoms with Crippen molar-refractivity contribution in [3.63, 3.8) is 0 Å². The molecule has 12 heavy (non-hydrogen) atoms. The number of carbonyl (C=O) groups excluding carboxylic acids is 1. The summed E-state index contributed by atoms with van der Waals surface area (Å²) in [7, 11) is 4.07. The smallest absolute Gasteiger partial charge is 0.254 e. The van der Waals surface area contributed by atoms with Crippen LogP contribution < -0.4 is 0 Å². The van der Waals surface area contributed by atoms with Crippen LogP contribution in [0.15, 0.2) is 0 Å². The van der Waals surface area contributed by atoms with Gasteiger partial charge >= 0.3 is 0 Å². The highest BCUT2D eigenvalue weighted by Gasteiger charge is 2.55. The fraction of sp³-hybridized carbons (Fsp3) is 0.889. The summed E-state index contributed by atoms with van der Waals surface area (Å²) in [5.41, 5.74) is 0. The van der Waals surface area contributed by atoms with Gasteiger partial charge in [0.05, 0.1) is 0 Å². The lowest BCUT2D eigenvalue weighted by Gasteiger charge is -2.20. The molecule has 0 aromatic carbocycles. The minimum atomic E-state index is 0.382. The van der Waals surface area contributed by atoms with Gasteiger partial charge in [-0.05, 0) is 37.5 Å². The Bertz CT molecular complexity index is 243. The maximum atomic E-state index is 11.7. The molecule has 3 heteroatoms. The van der Waals surface area contributed by atoms with E-state index in [1.807, 2.05) is 11.9 Å². The van der Waals surface area contributed by atoms with Gasteiger partial charge in [-0.2, -0.15) is 0 Å². The van der Waals surface area contributed by atoms with Crippen molar-refractivity contribution in [2.45, 2.75) is 25.1 Å². The van der Waals surface area contributed by atoms with Crippen LogP contribution in [0.4, 0.5) is 0 Å². The molecule has 0 aromatic heterocycles. The Morgan fingerprint density at radius 1 is 1.42 bits per heavy atom. The Morgan fingerprint density at radius 3 is 2.92 bits per heavy atom. The van der Waals surface area contributed by atoms with E-state index in [2.05, 4.69) is 7.41 Å². The van der Waals surface area contributed by atoms with Crippen LogP contribution in [0.25, 0.3) is 0 Å². The van der Waals surface area contributed by atoms with Gasteiger partial charge in [-0.15, -0.1) is 0 Å². The van der Waals surface area contributed by atoms with Gasteiger partial charge < -0.3 is 4.81 Å². The van der Waals surface area contributed by atoms with Crippen molar-refractivity contribution < 1.29 is 4.79 Å². The lowest BCUT2D eigenvalue weighted by Crippen LogP contribution is -2.26. The van der Waals surface area contributed by atoms with Crippen LogP contribution in [0.2, 0.25) is 5.82 Å². The lowest BCUT2D eigenvalue weighted by atomic mass is 9.65. The average molecular weight is 162 g/mol. The first-order valence-corrected chi connectivity index (χ1v) is 4.89. The van der Waals surface area contributed by atoms with E-state index in [0.29, 0.717) is 17.6 Å². The molecule has 1 heterocycles. The molecule has 3 aliphatic rings. The number of hydrogen-bond acceptors (Lipinski definition) is 1. The maximum absolute atomic E-state index is 11.7. The highest BCUT2D eigenvalue weighted by atomic mass is 16.2. The third-order valence-electron chi connectivity index (χ3n) is 4.01. The van der Waals surface area contributed by atoms with Crippen molar-refractivity contribution in [1.82, 2.24) is 4.81 Å². The van der Waals surface area contributed by atoms with Crippen LogP contribution in [0.5, 0.6) is 0 Å². The third-order valence-corrected chi connectivity index (χ3v) is 4.01. The summed E-state index contributed by atoms with van der Waals surface area (Å²) in [5, 5.41) is 0. The molecule has 3 rings (SSSR count). The zero-order chi connectivity index (χ0) is 8.29. The standard InChI is InChI=1S/C9H13BNO/c1-11-9(12)7-5-2-3-6(4-5)8(7)10-11/h5-8H,2-4H2,1H3. The SMILES string of the molecule is CN1[B]C2C3CCC(C3)C2C1=O. The fourth-order valence-corrected chi connectivity index (χ4v) is 3.48. The molecule has 0 aromatic rings. The van der Waals surface area contributed by atoms with Crippen LogP contribution in [0, 0.1) is 17.8 Å². The summed E-state index contributed by atoms with van der Waals surface area (Å²) in [6.45, 7) is 0. The summed E-state index contributed by atoms with van der Waals surface area (Å²) >= 11 is 0. The Hall–Kier alpha value is -0.465. The van der Waals surface area contributed by atoms with E-state index in [1.165, 1.54) is 19.3 Å². The predicted octanol–water partition coefficient (Wildman–Crippen LogP) is 0.912. The predicted molar refractivity (Wildman–Crippen MR) is 46.6 cm³/mol. The van der Waals surface area contributed by atoms with Gasteiger partial charge in [0.15, 0.2) is 0 Å². The molecule has 2 aliphatic carbocycles. The second-order valence-corrected chi connectivity index (χ2v) is 4.53. The Kier molecular flexibility index (Phi) is 1.20. The van der Waals surface area contributed by atoms with Gasteiger partial charge in [0.2, 0.25) is 5.91 Å². The van der Waals surface area contributed by atoms with Gasteiger partial charge in [0.25, 0.3) is 7.41 Å². The molecular formula is C9H13BNO. The van der Waals surface area contributed by atoms with Crippen molar-refractivity contribution in [3.8, 4) is 0 Å². The summed E-state index contributed by atoms with van der Waals surface area (Å²) < 4.78 is 0. The van der Waals surface area contributed by atoms with Gasteiger partial charge in [-0.3, -0.25) is 4.79 Å². The first-order chi connectivity index (χ1) is 5.77. The normalized spacial score (nSPS) is 49.8. The molecule has 4 unspecified atom stereocenters. The lowest BCUT2D eigenvalue weighted by molar-refractivity contribution is -0.129. The number of amides is 1. The fourth-order valence-electron chi connectivity index (χ4n) is 3.48. The highest BCUT2D eigenvalue weighted by Crippen LogP contribution is 2.57. The molecule has 1 saturated heterocycles. The molecular weight excluding hydrogens is 149 g/mol. The zero-order valence-electron chi connectivity index (χ0n) is 7.36. The van der Waals surface area contributed by atoms with Crippen molar-refractivity contribution in [3.05, 3.63) is 0 Å². The molecule has 4 atom stereocenters. The highest BCUT2D eigenvalue weighted by molar-refractivity contribution is 6.43. The topological polar surface area (TPSA) is 20.3 Å². The minimum absolute atomic E-state index is 0.382. The number of rotatable bonds is 0. The molecule has 2 saturated carbocycles. The van der Waals surface area contributed by atoms with Crippen LogP contribution in [0.1, 0.15) is 19.3 Å². The van der Waals surface area contributed by atoms with Gasteiger partial charge in [0, 0.05) is 5.92 Å². The second-order valence-electron chi connectivity index (χ2n) is 4.53. The average Bonchev–Trinajstić information content (AvgIpc) is 2.66. The molecule has 1 amide bonds. The third kappa shape index (κ3) is 0.656. The molecule has 0 spiro atoms. The maximum Gasteiger partial charge on any atom is 0.254 e. The molecule has 0 N–H and O–H groups in total. The summed E-state index contributed by atoms with van der Waals surface area (Å²) in [4.78, 5) is 13.5. The molecule has 2 bridgehead atoms. The number of fused-ring (bicyclic) bond motifs is 5. The van der Waals surface area contributed by atoms with Crippen LogP contribution in [-0.2, 0) is 4.79 Å². The van der Waals surface area contributed by atoms with E-state index >= 15 is 0 Å². The first kappa shape index (κ1) is 6.99. The van der Waals surface area contributed by atoms with Crippen molar-refractivity contribution in [1.29, 1.82) is 0 Å². The summed E-state index contributed by atoms with van der Waals surface area (Å²) in [6, 6.07) is 0. The first-order valence-electron chi connectivity index (χ1n) is 4.89. The van der Waals surface area contributed by atoms with E-state index in [0.717, 1.165) is 11.8 Å². The Balaban J connectivity index is 1.95.